The van der Waals surface area contributed by atoms with Crippen LogP contribution >= 0.6 is 11.8 Å². The topological polar surface area (TPSA) is 37.3 Å². The lowest BCUT2D eigenvalue weighted by Gasteiger charge is -2.22. The van der Waals surface area contributed by atoms with E-state index in [9.17, 15) is 9.90 Å². The number of carbonyl (C=O) groups excluding carboxylic acids is 1. The van der Waals surface area contributed by atoms with Crippen molar-refractivity contribution in [2.24, 2.45) is 0 Å². The minimum absolute atomic E-state index is 0.127. The number of aliphatic hydroxyl groups is 1. The monoisotopic (exact) mass is 158 g/mol. The number of hydrogen-bond acceptors (Lipinski definition) is 3. The molecule has 10 heavy (non-hydrogen) atoms. The summed E-state index contributed by atoms with van der Waals surface area (Å²) in [6.07, 6.45) is 3.89. The van der Waals surface area contributed by atoms with Crippen molar-refractivity contribution in [2.75, 3.05) is 5.75 Å². The zero-order chi connectivity index (χ0) is 7.61. The fourth-order valence-electron chi connectivity index (χ4n) is 0.822. The number of thioether (sulfide) groups is 1. The highest BCUT2D eigenvalue weighted by atomic mass is 32.2. The maximum absolute atomic E-state index is 11.0. The molecule has 0 aromatic heterocycles. The lowest BCUT2D eigenvalue weighted by molar-refractivity contribution is -0.123. The summed E-state index contributed by atoms with van der Waals surface area (Å²) in [5, 5.41) is 9.36. The van der Waals surface area contributed by atoms with Crippen LogP contribution in [0.15, 0.2) is 12.2 Å². The molecule has 1 atom stereocenters. The van der Waals surface area contributed by atoms with Crippen LogP contribution in [0.5, 0.6) is 0 Å². The molecule has 0 fully saturated rings. The number of hydrogen-bond donors (Lipinski definition) is 1. The van der Waals surface area contributed by atoms with Crippen LogP contribution in [0.3, 0.4) is 0 Å². The first-order valence-corrected chi connectivity index (χ1v) is 4.25. The predicted molar refractivity (Wildman–Crippen MR) is 41.8 cm³/mol. The largest absolute Gasteiger partial charge is 0.377 e. The molecule has 0 unspecified atom stereocenters. The fourth-order valence-corrected chi connectivity index (χ4v) is 1.63. The molecule has 3 heteroatoms. The van der Waals surface area contributed by atoms with Crippen molar-refractivity contribution in [3.63, 3.8) is 0 Å². The molecular formula is C7H10O2S. The molecule has 1 heterocycles. The van der Waals surface area contributed by atoms with E-state index >= 15 is 0 Å². The van der Waals surface area contributed by atoms with Gasteiger partial charge in [0.2, 0.25) is 5.12 Å². The Hall–Kier alpha value is -0.280. The van der Waals surface area contributed by atoms with Gasteiger partial charge in [0.25, 0.3) is 0 Å². The van der Waals surface area contributed by atoms with E-state index in [1.165, 1.54) is 11.8 Å². The zero-order valence-corrected chi connectivity index (χ0v) is 6.65. The smallest absolute Gasteiger partial charge is 0.224 e. The van der Waals surface area contributed by atoms with E-state index < -0.39 is 5.60 Å². The molecule has 0 aromatic rings. The second-order valence-corrected chi connectivity index (χ2v) is 3.27. The minimum Gasteiger partial charge on any atom is -0.377 e. The second-order valence-electron chi connectivity index (χ2n) is 2.28. The van der Waals surface area contributed by atoms with Crippen LogP contribution in [0.25, 0.3) is 0 Å². The first-order chi connectivity index (χ1) is 4.69. The van der Waals surface area contributed by atoms with Crippen molar-refractivity contribution in [3.05, 3.63) is 12.2 Å². The average molecular weight is 158 g/mol. The maximum Gasteiger partial charge on any atom is 0.224 e. The predicted octanol–water partition coefficient (Wildman–Crippen LogP) is 0.957. The lowest BCUT2D eigenvalue weighted by Crippen LogP contribution is -2.35. The van der Waals surface area contributed by atoms with Gasteiger partial charge in [0, 0.05) is 5.75 Å². The quantitative estimate of drug-likeness (QED) is 0.577. The van der Waals surface area contributed by atoms with E-state index in [1.807, 2.05) is 6.08 Å². The Morgan fingerprint density at radius 2 is 2.60 bits per heavy atom. The summed E-state index contributed by atoms with van der Waals surface area (Å²) in [4.78, 5) is 11.0. The van der Waals surface area contributed by atoms with Crippen molar-refractivity contribution in [3.8, 4) is 0 Å². The lowest BCUT2D eigenvalue weighted by atomic mass is 10.0. The van der Waals surface area contributed by atoms with Gasteiger partial charge in [-0.1, -0.05) is 24.8 Å². The first kappa shape index (κ1) is 7.82. The van der Waals surface area contributed by atoms with Crippen molar-refractivity contribution in [1.29, 1.82) is 0 Å². The molecule has 1 rings (SSSR count). The van der Waals surface area contributed by atoms with Gasteiger partial charge >= 0.3 is 0 Å². The van der Waals surface area contributed by atoms with Crippen LogP contribution in [-0.2, 0) is 4.79 Å². The second kappa shape index (κ2) is 2.76. The Bertz CT molecular complexity index is 176. The highest BCUT2D eigenvalue weighted by Gasteiger charge is 2.32. The van der Waals surface area contributed by atoms with E-state index in [-0.39, 0.29) is 5.12 Å². The highest BCUT2D eigenvalue weighted by Crippen LogP contribution is 2.25. The maximum atomic E-state index is 11.0. The fraction of sp³-hybridized carbons (Fsp3) is 0.571. The Kier molecular flexibility index (Phi) is 2.16. The molecule has 0 spiro atoms. The molecule has 0 saturated carbocycles. The van der Waals surface area contributed by atoms with Gasteiger partial charge < -0.3 is 5.11 Å². The van der Waals surface area contributed by atoms with Gasteiger partial charge in [0.15, 0.2) is 5.60 Å². The molecule has 1 aliphatic rings. The van der Waals surface area contributed by atoms with E-state index in [4.69, 9.17) is 0 Å². The Labute approximate surface area is 64.3 Å². The number of carbonyl (C=O) groups is 1. The summed E-state index contributed by atoms with van der Waals surface area (Å²) < 4.78 is 0. The van der Waals surface area contributed by atoms with Crippen molar-refractivity contribution < 1.29 is 9.90 Å². The SMILES string of the molecule is CC[C@@]1(O)C=CCSC1=O. The van der Waals surface area contributed by atoms with Crippen molar-refractivity contribution in [2.45, 2.75) is 18.9 Å². The number of rotatable bonds is 1. The van der Waals surface area contributed by atoms with Crippen LogP contribution < -0.4 is 0 Å². The van der Waals surface area contributed by atoms with Gasteiger partial charge in [-0.15, -0.1) is 0 Å². The highest BCUT2D eigenvalue weighted by molar-refractivity contribution is 8.14. The average Bonchev–Trinajstić information content (AvgIpc) is 1.96. The van der Waals surface area contributed by atoms with Crippen LogP contribution in [0.1, 0.15) is 13.3 Å². The summed E-state index contributed by atoms with van der Waals surface area (Å²) >= 11 is 1.17. The molecule has 56 valence electrons. The molecule has 0 amide bonds. The van der Waals surface area contributed by atoms with Gasteiger partial charge in [0.05, 0.1) is 0 Å². The van der Waals surface area contributed by atoms with Gasteiger partial charge in [-0.05, 0) is 12.5 Å². The van der Waals surface area contributed by atoms with Crippen LogP contribution in [-0.4, -0.2) is 21.6 Å². The van der Waals surface area contributed by atoms with Gasteiger partial charge in [-0.2, -0.15) is 0 Å². The van der Waals surface area contributed by atoms with Gasteiger partial charge in [-0.3, -0.25) is 4.79 Å². The molecule has 1 aliphatic heterocycles. The van der Waals surface area contributed by atoms with Gasteiger partial charge in [-0.25, -0.2) is 0 Å². The Morgan fingerprint density at radius 1 is 1.90 bits per heavy atom. The van der Waals surface area contributed by atoms with Crippen molar-refractivity contribution in [1.82, 2.24) is 0 Å². The standard InChI is InChI=1S/C7H10O2S/c1-2-7(9)4-3-5-10-6(7)8/h3-4,9H,2,5H2,1H3/t7-/m1/s1. The third-order valence-corrected chi connectivity index (χ3v) is 2.57. The van der Waals surface area contributed by atoms with E-state index in [2.05, 4.69) is 0 Å². The normalized spacial score (nSPS) is 32.8. The van der Waals surface area contributed by atoms with E-state index in [0.717, 1.165) is 0 Å². The summed E-state index contributed by atoms with van der Waals surface area (Å²) in [6.45, 7) is 1.80. The Balaban J connectivity index is 2.81. The summed E-state index contributed by atoms with van der Waals surface area (Å²) in [7, 11) is 0. The van der Waals surface area contributed by atoms with Crippen LogP contribution in [0, 0.1) is 0 Å². The summed E-state index contributed by atoms with van der Waals surface area (Å²) in [5.74, 6) is 0.696. The molecule has 0 aliphatic carbocycles. The van der Waals surface area contributed by atoms with E-state index in [1.54, 1.807) is 13.0 Å². The van der Waals surface area contributed by atoms with Crippen molar-refractivity contribution >= 4 is 16.9 Å². The van der Waals surface area contributed by atoms with Gasteiger partial charge in [0.1, 0.15) is 0 Å². The Morgan fingerprint density at radius 3 is 3.00 bits per heavy atom. The molecular weight excluding hydrogens is 148 g/mol. The zero-order valence-electron chi connectivity index (χ0n) is 5.83. The minimum atomic E-state index is -1.18. The first-order valence-electron chi connectivity index (χ1n) is 3.26. The molecule has 0 bridgehead atoms. The third kappa shape index (κ3) is 1.25. The summed E-state index contributed by atoms with van der Waals surface area (Å²) in [5.41, 5.74) is -1.18. The molecule has 0 radical (unpaired) electrons. The molecule has 0 aromatic carbocycles. The molecule has 0 saturated heterocycles. The molecule has 1 N–H and O–H groups in total. The van der Waals surface area contributed by atoms with E-state index in [0.29, 0.717) is 12.2 Å². The van der Waals surface area contributed by atoms with Crippen LogP contribution in [0.4, 0.5) is 0 Å². The summed E-state index contributed by atoms with van der Waals surface area (Å²) in [6, 6.07) is 0. The van der Waals surface area contributed by atoms with Crippen LogP contribution in [0.2, 0.25) is 0 Å². The molecule has 2 nitrogen and oxygen atoms in total. The third-order valence-electron chi connectivity index (χ3n) is 1.60.